The van der Waals surface area contributed by atoms with Crippen LogP contribution < -0.4 is 15.5 Å². The second-order valence-corrected chi connectivity index (χ2v) is 9.04. The first kappa shape index (κ1) is 22.3. The minimum atomic E-state index is -0.903. The van der Waals surface area contributed by atoms with Gasteiger partial charge in [0.15, 0.2) is 5.11 Å². The van der Waals surface area contributed by atoms with Crippen molar-refractivity contribution in [2.75, 3.05) is 11.9 Å². The summed E-state index contributed by atoms with van der Waals surface area (Å²) in [4.78, 5) is 19.7. The molecule has 0 saturated heterocycles. The SMILES string of the molecule is C#CC1(NC(=S)NC2N=C(c3ccccc3)c3cc(Cl)ccc3N(C)C2=O)CCCCC1. The Kier molecular flexibility index (Phi) is 6.50. The summed E-state index contributed by atoms with van der Waals surface area (Å²) in [6.45, 7) is 0. The molecule has 4 rings (SSSR count). The number of amides is 1. The minimum absolute atomic E-state index is 0.220. The lowest BCUT2D eigenvalue weighted by Gasteiger charge is -2.35. The summed E-state index contributed by atoms with van der Waals surface area (Å²) in [6, 6.07) is 15.2. The number of nitrogens with zero attached hydrogens (tertiary/aromatic N) is 2. The summed E-state index contributed by atoms with van der Waals surface area (Å²) in [7, 11) is 1.73. The number of benzodiazepines with no additional fused rings is 1. The summed E-state index contributed by atoms with van der Waals surface area (Å²) in [5, 5.41) is 7.31. The molecule has 1 unspecified atom stereocenters. The molecule has 1 fully saturated rings. The van der Waals surface area contributed by atoms with Crippen molar-refractivity contribution in [3.63, 3.8) is 0 Å². The first-order valence-corrected chi connectivity index (χ1v) is 11.5. The third-order valence-corrected chi connectivity index (χ3v) is 6.50. The molecule has 1 aliphatic heterocycles. The highest BCUT2D eigenvalue weighted by molar-refractivity contribution is 7.80. The van der Waals surface area contributed by atoms with Crippen molar-refractivity contribution in [1.82, 2.24) is 10.6 Å². The summed E-state index contributed by atoms with van der Waals surface area (Å²) in [6.07, 6.45) is 9.93. The third-order valence-electron chi connectivity index (χ3n) is 6.05. The van der Waals surface area contributed by atoms with E-state index in [1.807, 2.05) is 42.5 Å². The van der Waals surface area contributed by atoms with E-state index in [9.17, 15) is 4.79 Å². The van der Waals surface area contributed by atoms with Crippen LogP contribution in [0.2, 0.25) is 5.02 Å². The zero-order valence-corrected chi connectivity index (χ0v) is 19.5. The van der Waals surface area contributed by atoms with Gasteiger partial charge in [-0.2, -0.15) is 0 Å². The van der Waals surface area contributed by atoms with Crippen LogP contribution in [-0.2, 0) is 4.79 Å². The van der Waals surface area contributed by atoms with Gasteiger partial charge in [-0.05, 0) is 43.3 Å². The lowest BCUT2D eigenvalue weighted by atomic mass is 9.82. The van der Waals surface area contributed by atoms with E-state index in [1.165, 1.54) is 6.42 Å². The van der Waals surface area contributed by atoms with Crippen LogP contribution in [0.5, 0.6) is 0 Å². The Hall–Kier alpha value is -2.88. The highest BCUT2D eigenvalue weighted by Crippen LogP contribution is 2.30. The molecule has 7 heteroatoms. The van der Waals surface area contributed by atoms with E-state index in [4.69, 9.17) is 35.2 Å². The zero-order chi connectivity index (χ0) is 22.7. The van der Waals surface area contributed by atoms with Gasteiger partial charge in [0.05, 0.1) is 11.4 Å². The Morgan fingerprint density at radius 3 is 2.62 bits per heavy atom. The largest absolute Gasteiger partial charge is 0.346 e. The van der Waals surface area contributed by atoms with Crippen LogP contribution in [0.1, 0.15) is 43.2 Å². The third kappa shape index (κ3) is 4.50. The molecule has 1 heterocycles. The summed E-state index contributed by atoms with van der Waals surface area (Å²) in [5.41, 5.74) is 2.60. The second kappa shape index (κ2) is 9.32. The molecular formula is C25H25ClN4OS. The van der Waals surface area contributed by atoms with Gasteiger partial charge in [-0.15, -0.1) is 6.42 Å². The van der Waals surface area contributed by atoms with Crippen LogP contribution in [0.15, 0.2) is 53.5 Å². The van der Waals surface area contributed by atoms with E-state index < -0.39 is 11.7 Å². The molecule has 164 valence electrons. The van der Waals surface area contributed by atoms with Crippen molar-refractivity contribution in [2.45, 2.75) is 43.8 Å². The molecule has 0 spiro atoms. The number of benzene rings is 2. The predicted octanol–water partition coefficient (Wildman–Crippen LogP) is 4.28. The number of carbonyl (C=O) groups excluding carboxylic acids is 1. The second-order valence-electron chi connectivity index (χ2n) is 8.19. The van der Waals surface area contributed by atoms with E-state index in [1.54, 1.807) is 18.0 Å². The van der Waals surface area contributed by atoms with Gasteiger partial charge in [0.25, 0.3) is 5.91 Å². The first-order valence-electron chi connectivity index (χ1n) is 10.7. The number of thiocarbonyl (C=S) groups is 1. The molecule has 2 aromatic rings. The lowest BCUT2D eigenvalue weighted by molar-refractivity contribution is -0.119. The molecule has 5 nitrogen and oxygen atoms in total. The normalized spacial score (nSPS) is 19.8. The number of nitrogens with one attached hydrogen (secondary N) is 2. The van der Waals surface area contributed by atoms with Gasteiger partial charge >= 0.3 is 0 Å². The number of terminal acetylenes is 1. The Balaban J connectivity index is 1.69. The van der Waals surface area contributed by atoms with Gasteiger partial charge in [-0.3, -0.25) is 4.79 Å². The number of hydrogen-bond donors (Lipinski definition) is 2. The Bertz CT molecular complexity index is 1100. The van der Waals surface area contributed by atoms with Crippen LogP contribution in [0.25, 0.3) is 0 Å². The average molecular weight is 465 g/mol. The van der Waals surface area contributed by atoms with Crippen LogP contribution in [-0.4, -0.2) is 35.5 Å². The number of likely N-dealkylation sites (N-methyl/N-ethyl adjacent to an activating group) is 1. The standard InChI is InChI=1S/C25H25ClN4OS/c1-3-25(14-8-5-9-15-25)29-24(32)28-22-23(31)30(2)20-13-12-18(26)16-19(20)21(27-22)17-10-6-4-7-11-17/h1,4,6-7,10-13,16,22H,5,8-9,14-15H2,2H3,(H2,28,29,32). The molecule has 1 aliphatic carbocycles. The summed E-state index contributed by atoms with van der Waals surface area (Å²) in [5.74, 6) is 2.67. The number of rotatable bonds is 3. The topological polar surface area (TPSA) is 56.7 Å². The number of carbonyl (C=O) groups is 1. The van der Waals surface area contributed by atoms with Crippen molar-refractivity contribution in [3.8, 4) is 12.3 Å². The maximum atomic E-state index is 13.3. The Morgan fingerprint density at radius 2 is 1.94 bits per heavy atom. The van der Waals surface area contributed by atoms with Gasteiger partial charge in [0.2, 0.25) is 6.17 Å². The fraction of sp³-hybridized carbons (Fsp3) is 0.320. The zero-order valence-electron chi connectivity index (χ0n) is 17.9. The van der Waals surface area contributed by atoms with Gasteiger partial charge < -0.3 is 15.5 Å². The molecule has 0 bridgehead atoms. The monoisotopic (exact) mass is 464 g/mol. The molecule has 2 aliphatic rings. The average Bonchev–Trinajstić information content (AvgIpc) is 2.90. The van der Waals surface area contributed by atoms with Crippen LogP contribution >= 0.6 is 23.8 Å². The van der Waals surface area contributed by atoms with Crippen LogP contribution in [0.4, 0.5) is 5.69 Å². The number of halogens is 1. The predicted molar refractivity (Wildman–Crippen MR) is 134 cm³/mol. The van der Waals surface area contributed by atoms with Gasteiger partial charge in [-0.25, -0.2) is 4.99 Å². The molecule has 2 aromatic carbocycles. The van der Waals surface area contributed by atoms with Crippen LogP contribution in [0, 0.1) is 12.3 Å². The van der Waals surface area contributed by atoms with E-state index in [0.29, 0.717) is 15.8 Å². The van der Waals surface area contributed by atoms with Crippen molar-refractivity contribution in [2.24, 2.45) is 4.99 Å². The highest BCUT2D eigenvalue weighted by Gasteiger charge is 2.34. The number of fused-ring (bicyclic) bond motifs is 1. The lowest BCUT2D eigenvalue weighted by Crippen LogP contribution is -2.56. The Labute approximate surface area is 199 Å². The maximum absolute atomic E-state index is 13.3. The summed E-state index contributed by atoms with van der Waals surface area (Å²) < 4.78 is 0. The quantitative estimate of drug-likeness (QED) is 0.526. The van der Waals surface area contributed by atoms with Crippen molar-refractivity contribution < 1.29 is 4.79 Å². The molecule has 1 saturated carbocycles. The molecule has 1 amide bonds. The molecule has 2 N–H and O–H groups in total. The Morgan fingerprint density at radius 1 is 1.22 bits per heavy atom. The first-order chi connectivity index (χ1) is 15.4. The molecule has 0 aromatic heterocycles. The molecule has 32 heavy (non-hydrogen) atoms. The number of anilines is 1. The van der Waals surface area contributed by atoms with Gasteiger partial charge in [-0.1, -0.05) is 67.1 Å². The highest BCUT2D eigenvalue weighted by atomic mass is 35.5. The summed E-state index contributed by atoms with van der Waals surface area (Å²) >= 11 is 11.9. The molecular weight excluding hydrogens is 440 g/mol. The van der Waals surface area contributed by atoms with Gasteiger partial charge in [0, 0.05) is 23.2 Å². The molecule has 1 atom stereocenters. The maximum Gasteiger partial charge on any atom is 0.272 e. The molecule has 0 radical (unpaired) electrons. The van der Waals surface area contributed by atoms with E-state index in [2.05, 4.69) is 16.6 Å². The number of aliphatic imine (C=N–C) groups is 1. The van der Waals surface area contributed by atoms with E-state index in [0.717, 1.165) is 42.5 Å². The van der Waals surface area contributed by atoms with Crippen LogP contribution in [0.3, 0.4) is 0 Å². The van der Waals surface area contributed by atoms with E-state index >= 15 is 0 Å². The fourth-order valence-corrected chi connectivity index (χ4v) is 4.78. The van der Waals surface area contributed by atoms with Crippen molar-refractivity contribution in [3.05, 3.63) is 64.7 Å². The minimum Gasteiger partial charge on any atom is -0.346 e. The van der Waals surface area contributed by atoms with E-state index in [-0.39, 0.29) is 5.91 Å². The number of hydrogen-bond acceptors (Lipinski definition) is 3. The smallest absolute Gasteiger partial charge is 0.272 e. The van der Waals surface area contributed by atoms with Gasteiger partial charge in [0.1, 0.15) is 5.54 Å². The fourth-order valence-electron chi connectivity index (χ4n) is 4.30. The van der Waals surface area contributed by atoms with Crippen molar-refractivity contribution in [1.29, 1.82) is 0 Å². The van der Waals surface area contributed by atoms with Crippen molar-refractivity contribution >= 4 is 46.2 Å².